The lowest BCUT2D eigenvalue weighted by Crippen LogP contribution is -2.35. The number of thioether (sulfide) groups is 1. The summed E-state index contributed by atoms with van der Waals surface area (Å²) in [4.78, 5) is 23.1. The van der Waals surface area contributed by atoms with Crippen LogP contribution in [-0.4, -0.2) is 60.2 Å². The molecule has 1 aliphatic heterocycles. The molecule has 3 rings (SSSR count). The Hall–Kier alpha value is -2.05. The molecule has 2 aromatic rings. The highest BCUT2D eigenvalue weighted by Crippen LogP contribution is 2.26. The van der Waals surface area contributed by atoms with Crippen LogP contribution in [-0.2, 0) is 6.54 Å². The molecule has 0 aliphatic carbocycles. The third-order valence-electron chi connectivity index (χ3n) is 4.85. The van der Waals surface area contributed by atoms with Crippen molar-refractivity contribution in [1.82, 2.24) is 14.8 Å². The average Bonchev–Trinajstić information content (AvgIpc) is 2.92. The number of carbonyl (C=O) groups excluding carboxylic acids is 1. The number of ether oxygens (including phenoxy) is 1. The van der Waals surface area contributed by atoms with Crippen LogP contribution in [0.5, 0.6) is 5.75 Å². The Balaban J connectivity index is 1.66. The summed E-state index contributed by atoms with van der Waals surface area (Å²) < 4.78 is 5.46. The summed E-state index contributed by atoms with van der Waals surface area (Å²) >= 11 is 1.64. The molecule has 0 unspecified atom stereocenters. The van der Waals surface area contributed by atoms with Crippen molar-refractivity contribution in [3.63, 3.8) is 0 Å². The number of rotatable bonds is 5. The minimum absolute atomic E-state index is 0.0510. The Labute approximate surface area is 165 Å². The zero-order chi connectivity index (χ0) is 19.2. The first-order valence-electron chi connectivity index (χ1n) is 9.27. The molecular formula is C21H27N3O2S. The Bertz CT molecular complexity index is 797. The van der Waals surface area contributed by atoms with Crippen molar-refractivity contribution in [2.75, 3.05) is 39.5 Å². The highest BCUT2D eigenvalue weighted by atomic mass is 32.2. The molecule has 0 radical (unpaired) electrons. The SMILES string of the molecule is COc1cc(SC)ccc1C(=O)N1CCCN(Cc2cccc(C)n2)CC1. The van der Waals surface area contributed by atoms with Gasteiger partial charge in [-0.15, -0.1) is 11.8 Å². The van der Waals surface area contributed by atoms with Crippen molar-refractivity contribution in [3.8, 4) is 5.75 Å². The third-order valence-corrected chi connectivity index (χ3v) is 5.57. The number of pyridine rings is 1. The second kappa shape index (κ2) is 9.24. The lowest BCUT2D eigenvalue weighted by Gasteiger charge is -2.23. The van der Waals surface area contributed by atoms with Gasteiger partial charge in [0.25, 0.3) is 5.91 Å². The van der Waals surface area contributed by atoms with Gasteiger partial charge in [-0.05, 0) is 49.9 Å². The van der Waals surface area contributed by atoms with Gasteiger partial charge in [0.1, 0.15) is 5.75 Å². The standard InChI is InChI=1S/C21H27N3O2S/c1-16-6-4-7-17(22-16)15-23-10-5-11-24(13-12-23)21(25)19-9-8-18(27-3)14-20(19)26-2/h4,6-9,14H,5,10-13,15H2,1-3H3. The first-order chi connectivity index (χ1) is 13.1. The quantitative estimate of drug-likeness (QED) is 0.738. The summed E-state index contributed by atoms with van der Waals surface area (Å²) in [7, 11) is 1.62. The van der Waals surface area contributed by atoms with Crippen molar-refractivity contribution in [2.45, 2.75) is 24.8 Å². The zero-order valence-electron chi connectivity index (χ0n) is 16.3. The van der Waals surface area contributed by atoms with Crippen molar-refractivity contribution in [2.24, 2.45) is 0 Å². The molecule has 1 aromatic carbocycles. The van der Waals surface area contributed by atoms with Gasteiger partial charge in [0, 0.05) is 43.3 Å². The van der Waals surface area contributed by atoms with E-state index in [1.54, 1.807) is 18.9 Å². The fraction of sp³-hybridized carbons (Fsp3) is 0.429. The first kappa shape index (κ1) is 19.7. The Morgan fingerprint density at radius 1 is 1.19 bits per heavy atom. The molecule has 0 N–H and O–H groups in total. The minimum atomic E-state index is 0.0510. The second-order valence-electron chi connectivity index (χ2n) is 6.76. The number of methoxy groups -OCH3 is 1. The summed E-state index contributed by atoms with van der Waals surface area (Å²) in [5.74, 6) is 0.701. The van der Waals surface area contributed by atoms with E-state index < -0.39 is 0 Å². The van der Waals surface area contributed by atoms with Crippen molar-refractivity contribution < 1.29 is 9.53 Å². The second-order valence-corrected chi connectivity index (χ2v) is 7.64. The van der Waals surface area contributed by atoms with Crippen LogP contribution in [0.4, 0.5) is 0 Å². The Morgan fingerprint density at radius 3 is 2.78 bits per heavy atom. The van der Waals surface area contributed by atoms with E-state index in [1.165, 1.54) is 0 Å². The van der Waals surface area contributed by atoms with Gasteiger partial charge in [-0.2, -0.15) is 0 Å². The normalized spacial score (nSPS) is 15.4. The van der Waals surface area contributed by atoms with Gasteiger partial charge in [0.05, 0.1) is 18.4 Å². The molecule has 0 atom stereocenters. The van der Waals surface area contributed by atoms with Gasteiger partial charge in [0.15, 0.2) is 0 Å². The minimum Gasteiger partial charge on any atom is -0.496 e. The van der Waals surface area contributed by atoms with E-state index in [4.69, 9.17) is 4.74 Å². The van der Waals surface area contributed by atoms with Crippen LogP contribution in [0.2, 0.25) is 0 Å². The number of amides is 1. The van der Waals surface area contributed by atoms with Gasteiger partial charge in [-0.25, -0.2) is 0 Å². The molecule has 2 heterocycles. The van der Waals surface area contributed by atoms with E-state index in [-0.39, 0.29) is 5.91 Å². The zero-order valence-corrected chi connectivity index (χ0v) is 17.1. The average molecular weight is 386 g/mol. The molecule has 1 saturated heterocycles. The first-order valence-corrected chi connectivity index (χ1v) is 10.5. The van der Waals surface area contributed by atoms with E-state index >= 15 is 0 Å². The summed E-state index contributed by atoms with van der Waals surface area (Å²) in [6.45, 7) is 6.16. The predicted octanol–water partition coefficient (Wildman–Crippen LogP) is 3.47. The number of hydrogen-bond acceptors (Lipinski definition) is 5. The lowest BCUT2D eigenvalue weighted by atomic mass is 10.1. The molecule has 0 spiro atoms. The van der Waals surface area contributed by atoms with Crippen LogP contribution >= 0.6 is 11.8 Å². The van der Waals surface area contributed by atoms with Crippen LogP contribution < -0.4 is 4.74 Å². The molecule has 5 nitrogen and oxygen atoms in total. The molecular weight excluding hydrogens is 358 g/mol. The van der Waals surface area contributed by atoms with E-state index in [9.17, 15) is 4.79 Å². The molecule has 0 bridgehead atoms. The molecule has 1 aliphatic rings. The summed E-state index contributed by atoms with van der Waals surface area (Å²) in [6, 6.07) is 11.9. The molecule has 144 valence electrons. The molecule has 27 heavy (non-hydrogen) atoms. The molecule has 6 heteroatoms. The maximum Gasteiger partial charge on any atom is 0.257 e. The van der Waals surface area contributed by atoms with Gasteiger partial charge in [-0.1, -0.05) is 6.07 Å². The number of carbonyl (C=O) groups is 1. The van der Waals surface area contributed by atoms with Gasteiger partial charge < -0.3 is 9.64 Å². The lowest BCUT2D eigenvalue weighted by molar-refractivity contribution is 0.0757. The molecule has 0 saturated carbocycles. The van der Waals surface area contributed by atoms with Gasteiger partial charge >= 0.3 is 0 Å². The number of benzene rings is 1. The van der Waals surface area contributed by atoms with Gasteiger partial charge in [0.2, 0.25) is 0 Å². The number of nitrogens with zero attached hydrogens (tertiary/aromatic N) is 3. The maximum atomic E-state index is 13.0. The Morgan fingerprint density at radius 2 is 2.04 bits per heavy atom. The van der Waals surface area contributed by atoms with Crippen molar-refractivity contribution >= 4 is 17.7 Å². The largest absolute Gasteiger partial charge is 0.496 e. The fourth-order valence-electron chi connectivity index (χ4n) is 3.39. The van der Waals surface area contributed by atoms with Crippen LogP contribution in [0.3, 0.4) is 0 Å². The summed E-state index contributed by atoms with van der Waals surface area (Å²) in [6.07, 6.45) is 2.98. The molecule has 1 fully saturated rings. The third kappa shape index (κ3) is 5.02. The van der Waals surface area contributed by atoms with Crippen molar-refractivity contribution in [1.29, 1.82) is 0 Å². The van der Waals surface area contributed by atoms with Crippen LogP contribution in [0, 0.1) is 6.92 Å². The molecule has 1 amide bonds. The van der Waals surface area contributed by atoms with Crippen LogP contribution in [0.15, 0.2) is 41.3 Å². The highest BCUT2D eigenvalue weighted by Gasteiger charge is 2.23. The smallest absolute Gasteiger partial charge is 0.257 e. The Kier molecular flexibility index (Phi) is 6.74. The highest BCUT2D eigenvalue weighted by molar-refractivity contribution is 7.98. The summed E-state index contributed by atoms with van der Waals surface area (Å²) in [5, 5.41) is 0. The van der Waals surface area contributed by atoms with E-state index in [0.717, 1.165) is 55.4 Å². The van der Waals surface area contributed by atoms with E-state index in [0.29, 0.717) is 11.3 Å². The molecule has 1 aromatic heterocycles. The fourth-order valence-corrected chi connectivity index (χ4v) is 3.82. The number of aryl methyl sites for hydroxylation is 1. The predicted molar refractivity (Wildman–Crippen MR) is 110 cm³/mol. The van der Waals surface area contributed by atoms with Crippen LogP contribution in [0.1, 0.15) is 28.2 Å². The van der Waals surface area contributed by atoms with Crippen molar-refractivity contribution in [3.05, 3.63) is 53.3 Å². The van der Waals surface area contributed by atoms with E-state index in [1.807, 2.05) is 42.3 Å². The van der Waals surface area contributed by atoms with Crippen LogP contribution in [0.25, 0.3) is 0 Å². The topological polar surface area (TPSA) is 45.7 Å². The van der Waals surface area contributed by atoms with E-state index in [2.05, 4.69) is 22.0 Å². The van der Waals surface area contributed by atoms with Gasteiger partial charge in [-0.3, -0.25) is 14.7 Å². The summed E-state index contributed by atoms with van der Waals surface area (Å²) in [5.41, 5.74) is 2.77. The monoisotopic (exact) mass is 385 g/mol. The number of hydrogen-bond donors (Lipinski definition) is 0. The maximum absolute atomic E-state index is 13.0. The number of aromatic nitrogens is 1.